The average molecular weight is 141 g/mol. The van der Waals surface area contributed by atoms with Crippen molar-refractivity contribution in [3.8, 4) is 0 Å². The van der Waals surface area contributed by atoms with Gasteiger partial charge in [0.2, 0.25) is 0 Å². The quantitative estimate of drug-likeness (QED) is 0.500. The molecule has 56 valence electrons. The highest BCUT2D eigenvalue weighted by molar-refractivity contribution is 5.69. The third-order valence-electron chi connectivity index (χ3n) is 2.62. The number of likely N-dealkylation sites (tertiary alicyclic amines) is 1. The first-order chi connectivity index (χ1) is 4.83. The molecule has 0 aromatic heterocycles. The zero-order valence-corrected chi connectivity index (χ0v) is 6.04. The Bertz CT molecular complexity index is 169. The number of amides is 1. The van der Waals surface area contributed by atoms with Gasteiger partial charge >= 0.3 is 6.09 Å². The Kier molecular flexibility index (Phi) is 1.13. The van der Waals surface area contributed by atoms with E-state index in [4.69, 9.17) is 0 Å². The number of carbonyl (C=O) groups excluding carboxylic acids is 1. The van der Waals surface area contributed by atoms with Gasteiger partial charge in [0.05, 0.1) is 7.11 Å². The van der Waals surface area contributed by atoms with Crippen LogP contribution >= 0.6 is 0 Å². The Morgan fingerprint density at radius 2 is 2.40 bits per heavy atom. The summed E-state index contributed by atoms with van der Waals surface area (Å²) >= 11 is 0. The molecule has 2 rings (SSSR count). The molecule has 2 aliphatic rings. The summed E-state index contributed by atoms with van der Waals surface area (Å²) in [6, 6.07) is 0.535. The van der Waals surface area contributed by atoms with Gasteiger partial charge in [-0.2, -0.15) is 0 Å². The van der Waals surface area contributed by atoms with E-state index in [-0.39, 0.29) is 6.09 Å². The smallest absolute Gasteiger partial charge is 0.409 e. The molecule has 1 amide bonds. The van der Waals surface area contributed by atoms with Crippen molar-refractivity contribution in [3.05, 3.63) is 0 Å². The van der Waals surface area contributed by atoms with Gasteiger partial charge in [-0.3, -0.25) is 0 Å². The lowest BCUT2D eigenvalue weighted by Gasteiger charge is -2.54. The largest absolute Gasteiger partial charge is 0.453 e. The van der Waals surface area contributed by atoms with E-state index in [2.05, 4.69) is 4.74 Å². The van der Waals surface area contributed by atoms with Crippen LogP contribution in [0.5, 0.6) is 0 Å². The molecule has 2 fully saturated rings. The average Bonchev–Trinajstić information content (AvgIpc) is 1.93. The number of carbonyl (C=O) groups is 1. The maximum Gasteiger partial charge on any atom is 0.409 e. The van der Waals surface area contributed by atoms with Crippen molar-refractivity contribution >= 4 is 6.09 Å². The van der Waals surface area contributed by atoms with Crippen molar-refractivity contribution in [2.75, 3.05) is 13.7 Å². The zero-order chi connectivity index (χ0) is 7.14. The molecular weight excluding hydrogens is 130 g/mol. The normalized spacial score (nSPS) is 35.5. The van der Waals surface area contributed by atoms with E-state index in [1.54, 1.807) is 0 Å². The molecule has 1 heterocycles. The predicted octanol–water partition coefficient (Wildman–Crippen LogP) is 0.847. The fourth-order valence-corrected chi connectivity index (χ4v) is 1.75. The highest BCUT2D eigenvalue weighted by Crippen LogP contribution is 2.41. The van der Waals surface area contributed by atoms with Crippen LogP contribution < -0.4 is 0 Å². The van der Waals surface area contributed by atoms with E-state index >= 15 is 0 Å². The van der Waals surface area contributed by atoms with Crippen molar-refractivity contribution in [2.45, 2.75) is 18.9 Å². The maximum absolute atomic E-state index is 10.9. The second kappa shape index (κ2) is 1.87. The Morgan fingerprint density at radius 1 is 1.60 bits per heavy atom. The number of fused-ring (bicyclic) bond motifs is 1. The second-order valence-electron chi connectivity index (χ2n) is 3.03. The van der Waals surface area contributed by atoms with Gasteiger partial charge in [0.1, 0.15) is 0 Å². The summed E-state index contributed by atoms with van der Waals surface area (Å²) in [5.74, 6) is 0.805. The Balaban J connectivity index is 1.91. The van der Waals surface area contributed by atoms with E-state index < -0.39 is 0 Å². The van der Waals surface area contributed by atoms with Gasteiger partial charge < -0.3 is 9.64 Å². The zero-order valence-electron chi connectivity index (χ0n) is 6.04. The van der Waals surface area contributed by atoms with Crippen LogP contribution in [-0.2, 0) is 4.74 Å². The van der Waals surface area contributed by atoms with Gasteiger partial charge in [0, 0.05) is 12.6 Å². The fourth-order valence-electron chi connectivity index (χ4n) is 1.75. The van der Waals surface area contributed by atoms with Crippen molar-refractivity contribution in [2.24, 2.45) is 5.92 Å². The van der Waals surface area contributed by atoms with Gasteiger partial charge in [-0.25, -0.2) is 4.79 Å². The lowest BCUT2D eigenvalue weighted by Crippen LogP contribution is -2.63. The number of piperidine rings is 1. The fraction of sp³-hybridized carbons (Fsp3) is 0.857. The third-order valence-corrected chi connectivity index (χ3v) is 2.62. The van der Waals surface area contributed by atoms with Gasteiger partial charge in [0.15, 0.2) is 0 Å². The number of hydrogen-bond acceptors (Lipinski definition) is 2. The summed E-state index contributed by atoms with van der Waals surface area (Å²) in [6.45, 7) is 0.928. The van der Waals surface area contributed by atoms with Crippen LogP contribution in [0.25, 0.3) is 0 Å². The molecule has 3 heteroatoms. The van der Waals surface area contributed by atoms with Crippen LogP contribution in [0.3, 0.4) is 0 Å². The lowest BCUT2D eigenvalue weighted by molar-refractivity contribution is -0.0451. The second-order valence-corrected chi connectivity index (χ2v) is 3.03. The van der Waals surface area contributed by atoms with Gasteiger partial charge in [0.25, 0.3) is 0 Å². The molecule has 3 nitrogen and oxygen atoms in total. The monoisotopic (exact) mass is 141 g/mol. The standard InChI is InChI=1S/C7H11NO2/c1-10-7(9)8-4-5-2-3-6(5)8/h5-6H,2-4H2,1H3/t5-,6+/m1/s1. The van der Waals surface area contributed by atoms with Crippen molar-refractivity contribution in [1.82, 2.24) is 4.90 Å². The molecule has 2 atom stereocenters. The summed E-state index contributed by atoms with van der Waals surface area (Å²) < 4.78 is 4.59. The maximum atomic E-state index is 10.9. The number of methoxy groups -OCH3 is 1. The molecule has 1 saturated carbocycles. The summed E-state index contributed by atoms with van der Waals surface area (Å²) in [4.78, 5) is 12.7. The topological polar surface area (TPSA) is 29.5 Å². The Labute approximate surface area is 60.0 Å². The number of hydrogen-bond donors (Lipinski definition) is 0. The summed E-state index contributed by atoms with van der Waals surface area (Å²) in [5.41, 5.74) is 0. The van der Waals surface area contributed by atoms with Crippen molar-refractivity contribution in [1.29, 1.82) is 0 Å². The minimum Gasteiger partial charge on any atom is -0.453 e. The first-order valence-electron chi connectivity index (χ1n) is 3.67. The lowest BCUT2D eigenvalue weighted by atomic mass is 9.71. The van der Waals surface area contributed by atoms with Crippen molar-refractivity contribution in [3.63, 3.8) is 0 Å². The van der Waals surface area contributed by atoms with Crippen LogP contribution in [-0.4, -0.2) is 30.7 Å². The van der Waals surface area contributed by atoms with Gasteiger partial charge in [-0.05, 0) is 18.8 Å². The van der Waals surface area contributed by atoms with E-state index in [1.165, 1.54) is 20.0 Å². The minimum absolute atomic E-state index is 0.152. The van der Waals surface area contributed by atoms with Crippen LogP contribution in [0.1, 0.15) is 12.8 Å². The Hall–Kier alpha value is -0.730. The first kappa shape index (κ1) is 6.01. The number of nitrogens with zero attached hydrogens (tertiary/aromatic N) is 1. The molecule has 10 heavy (non-hydrogen) atoms. The van der Waals surface area contributed by atoms with Crippen LogP contribution in [0.2, 0.25) is 0 Å². The molecule has 0 spiro atoms. The molecule has 0 N–H and O–H groups in total. The molecule has 0 bridgehead atoms. The van der Waals surface area contributed by atoms with Crippen LogP contribution in [0, 0.1) is 5.92 Å². The first-order valence-corrected chi connectivity index (χ1v) is 3.67. The molecule has 0 radical (unpaired) electrons. The molecule has 1 saturated heterocycles. The minimum atomic E-state index is -0.152. The van der Waals surface area contributed by atoms with Crippen molar-refractivity contribution < 1.29 is 9.53 Å². The Morgan fingerprint density at radius 3 is 2.70 bits per heavy atom. The molecule has 1 aliphatic heterocycles. The van der Waals surface area contributed by atoms with E-state index in [9.17, 15) is 4.79 Å². The van der Waals surface area contributed by atoms with Gasteiger partial charge in [-0.1, -0.05) is 0 Å². The number of ether oxygens (including phenoxy) is 1. The molecule has 1 aliphatic carbocycles. The summed E-state index contributed by atoms with van der Waals surface area (Å²) in [7, 11) is 1.44. The predicted molar refractivity (Wildman–Crippen MR) is 35.6 cm³/mol. The molecule has 0 unspecified atom stereocenters. The number of rotatable bonds is 0. The molecule has 0 aromatic rings. The van der Waals surface area contributed by atoms with E-state index in [0.29, 0.717) is 6.04 Å². The highest BCUT2D eigenvalue weighted by atomic mass is 16.5. The van der Waals surface area contributed by atoms with E-state index in [1.807, 2.05) is 4.90 Å². The summed E-state index contributed by atoms with van der Waals surface area (Å²) in [5, 5.41) is 0. The molecule has 0 aromatic carbocycles. The summed E-state index contributed by atoms with van der Waals surface area (Å²) in [6.07, 6.45) is 2.33. The highest BCUT2D eigenvalue weighted by Gasteiger charge is 2.48. The third kappa shape index (κ3) is 0.576. The van der Waals surface area contributed by atoms with Crippen LogP contribution in [0.4, 0.5) is 4.79 Å². The van der Waals surface area contributed by atoms with Gasteiger partial charge in [-0.15, -0.1) is 0 Å². The SMILES string of the molecule is COC(=O)N1C[C@H]2CC[C@@H]21. The molecular formula is C7H11NO2. The van der Waals surface area contributed by atoms with E-state index in [0.717, 1.165) is 12.5 Å². The van der Waals surface area contributed by atoms with Crippen LogP contribution in [0.15, 0.2) is 0 Å².